The van der Waals surface area contributed by atoms with Crippen molar-refractivity contribution in [2.24, 2.45) is 25.4 Å². The van der Waals surface area contributed by atoms with Gasteiger partial charge in [-0.1, -0.05) is 117 Å². The number of rotatable bonds is 24. The minimum Gasteiger partial charge on any atom is -0.674 e. The summed E-state index contributed by atoms with van der Waals surface area (Å²) in [5.41, 5.74) is 45.1. The minimum absolute atomic E-state index is 0. The van der Waals surface area contributed by atoms with Crippen molar-refractivity contribution in [3.8, 4) is 23.0 Å². The van der Waals surface area contributed by atoms with Gasteiger partial charge in [0.2, 0.25) is 0 Å². The molecular weight excluding hydrogens is 1030 g/mol. The quantitative estimate of drug-likeness (QED) is 0.0186. The molecule has 0 radical (unpaired) electrons. The van der Waals surface area contributed by atoms with Crippen LogP contribution in [0.4, 0.5) is 0 Å². The topological polar surface area (TPSA) is 287 Å². The Balaban J connectivity index is 0.00000784. The molecule has 0 amide bonds. The van der Waals surface area contributed by atoms with Crippen molar-refractivity contribution in [3.05, 3.63) is 248 Å². The van der Waals surface area contributed by atoms with Gasteiger partial charge in [0.15, 0.2) is 0 Å². The first kappa shape index (κ1) is 53.9. The molecule has 0 aliphatic carbocycles. The second kappa shape index (κ2) is 27.3. The van der Waals surface area contributed by atoms with Gasteiger partial charge in [-0.05, 0) is 147 Å². The molecule has 2 aromatic heterocycles. The summed E-state index contributed by atoms with van der Waals surface area (Å²) in [6, 6.07) is 38.9. The monoisotopic (exact) mass is 1070 g/mol. The van der Waals surface area contributed by atoms with E-state index in [2.05, 4.69) is 46.2 Å². The number of aliphatic imine (C=N–C) groups is 1. The molecular formula is C56H49N16O4Zn-3. The summed E-state index contributed by atoms with van der Waals surface area (Å²) in [6.07, 6.45) is 10.5. The number of hydrogen-bond acceptors (Lipinski definition) is 9. The average Bonchev–Trinajstić information content (AvgIpc) is 4.35. The summed E-state index contributed by atoms with van der Waals surface area (Å²) in [5.74, 6) is 2.68. The van der Waals surface area contributed by atoms with E-state index in [0.29, 0.717) is 129 Å². The standard InChI is InChI=1S/C56H49N16O4.Zn/c57-69-61-29-1-33-73-41-13-5-37(6-14-41)53-45-21-23-47(65-45)54(38-7-15-42(16-8-38)74-34-2-30-62-70-58)49-25-27-51(67-49)56(40-11-19-44(20-12-40)76-36-4-32-64-72-60)52-28-26-50(68-52)55(48-24-22-46(53)66-48)39-9-17-43(18-10-39)75-35-3-31-63-71-59;/h5-28,45H,1-4,29-36H2;/q-3;/b53-46-,54-47-,55-48-,56-52-;. The van der Waals surface area contributed by atoms with Gasteiger partial charge in [0, 0.05) is 65.3 Å². The Morgan fingerprint density at radius 3 is 1.32 bits per heavy atom. The number of nitrogens with zero attached hydrogens (tertiary/aromatic N) is 16. The second-order valence-corrected chi connectivity index (χ2v) is 17.2. The largest absolute Gasteiger partial charge is 0.674 e. The predicted octanol–water partition coefficient (Wildman–Crippen LogP) is 11.9. The number of benzene rings is 4. The van der Waals surface area contributed by atoms with Crippen LogP contribution in [0.25, 0.3) is 69.4 Å². The third kappa shape index (κ3) is 13.7. The molecule has 4 aromatic carbocycles. The molecule has 1 atom stereocenters. The summed E-state index contributed by atoms with van der Waals surface area (Å²) < 4.78 is 24.0. The summed E-state index contributed by atoms with van der Waals surface area (Å²) in [4.78, 5) is 27.6. The number of ether oxygens (including phenoxy) is 4. The van der Waals surface area contributed by atoms with Crippen molar-refractivity contribution >= 4 is 28.0 Å². The van der Waals surface area contributed by atoms with Gasteiger partial charge in [-0.3, -0.25) is 0 Å². The van der Waals surface area contributed by atoms with Gasteiger partial charge in [-0.25, -0.2) is 4.99 Å². The molecule has 0 saturated heterocycles. The Labute approximate surface area is 455 Å². The van der Waals surface area contributed by atoms with Crippen LogP contribution in [-0.2, 0) is 19.5 Å². The molecule has 77 heavy (non-hydrogen) atoms. The minimum atomic E-state index is -0.464. The van der Waals surface area contributed by atoms with Crippen molar-refractivity contribution < 1.29 is 38.4 Å². The molecule has 0 saturated carbocycles. The van der Waals surface area contributed by atoms with Gasteiger partial charge >= 0.3 is 0 Å². The summed E-state index contributed by atoms with van der Waals surface area (Å²) in [7, 11) is 0. The third-order valence-corrected chi connectivity index (χ3v) is 12.3. The van der Waals surface area contributed by atoms with E-state index in [4.69, 9.17) is 61.3 Å². The zero-order chi connectivity index (χ0) is 52.3. The molecule has 1 unspecified atom stereocenters. The molecule has 21 heteroatoms. The normalized spacial score (nSPS) is 17.3. The van der Waals surface area contributed by atoms with Crippen molar-refractivity contribution in [1.29, 1.82) is 0 Å². The maximum absolute atomic E-state index is 8.70. The Hall–Kier alpha value is -9.33. The van der Waals surface area contributed by atoms with Crippen molar-refractivity contribution in [2.45, 2.75) is 31.7 Å². The van der Waals surface area contributed by atoms with Gasteiger partial charge in [-0.2, -0.15) is 0 Å². The van der Waals surface area contributed by atoms with Crippen molar-refractivity contribution in [3.63, 3.8) is 0 Å². The number of allylic oxidation sites excluding steroid dienone is 3. The fourth-order valence-electron chi connectivity index (χ4n) is 8.77. The molecule has 0 spiro atoms. The number of aromatic nitrogens is 2. The molecule has 0 fully saturated rings. The average molecular weight is 1080 g/mol. The van der Waals surface area contributed by atoms with Gasteiger partial charge in [0.05, 0.1) is 37.8 Å². The molecule has 20 nitrogen and oxygen atoms in total. The SMILES string of the molecule is [N-]=[N+]=NCCCOc1ccc(/C2=C3\C=CC(=N3)/C(c3ccc(OCCCN=[N+]=[N-])cc3)=c3/cc/c([n-]3)=C(\c3ccc(OCCCN=[N+]=[N-])cc3)C3C=C/C(=C(\c4ccc(OCCCN=[N+]=[N-])cc4)c4ccc2[n-]4)[N-]3)cc1.[Zn]. The van der Waals surface area contributed by atoms with Crippen molar-refractivity contribution in [2.75, 3.05) is 52.6 Å². The second-order valence-electron chi connectivity index (χ2n) is 17.2. The van der Waals surface area contributed by atoms with Gasteiger partial charge in [-0.15, -0.1) is 27.8 Å². The van der Waals surface area contributed by atoms with E-state index in [0.717, 1.165) is 55.6 Å². The van der Waals surface area contributed by atoms with E-state index in [9.17, 15) is 0 Å². The summed E-state index contributed by atoms with van der Waals surface area (Å²) in [5, 5.41) is 21.4. The van der Waals surface area contributed by atoms with Crippen LogP contribution in [0.3, 0.4) is 0 Å². The van der Waals surface area contributed by atoms with Crippen LogP contribution in [0.1, 0.15) is 59.3 Å². The summed E-state index contributed by atoms with van der Waals surface area (Å²) >= 11 is 0. The molecule has 382 valence electrons. The molecule has 3 aliphatic rings. The van der Waals surface area contributed by atoms with E-state index in [-0.39, 0.29) is 19.5 Å². The van der Waals surface area contributed by atoms with E-state index in [1.807, 2.05) is 140 Å². The first-order valence-corrected chi connectivity index (χ1v) is 24.7. The Morgan fingerprint density at radius 2 is 0.857 bits per heavy atom. The fourth-order valence-corrected chi connectivity index (χ4v) is 8.77. The Bertz CT molecular complexity index is 3540. The molecule has 5 heterocycles. The van der Waals surface area contributed by atoms with Gasteiger partial charge in [0.25, 0.3) is 0 Å². The van der Waals surface area contributed by atoms with Crippen LogP contribution in [0.2, 0.25) is 0 Å². The van der Waals surface area contributed by atoms with Crippen molar-refractivity contribution in [1.82, 2.24) is 9.97 Å². The summed E-state index contributed by atoms with van der Waals surface area (Å²) in [6.45, 7) is 2.94. The van der Waals surface area contributed by atoms with Crippen LogP contribution in [0.15, 0.2) is 182 Å². The van der Waals surface area contributed by atoms with Crippen LogP contribution >= 0.6 is 0 Å². The Kier molecular flexibility index (Phi) is 19.1. The molecule has 9 rings (SSSR count). The first-order valence-electron chi connectivity index (χ1n) is 24.7. The maximum Gasteiger partial charge on any atom is 0.119 e. The van der Waals surface area contributed by atoms with Crippen LogP contribution in [-0.4, -0.2) is 64.4 Å². The molecule has 3 aliphatic heterocycles. The predicted molar refractivity (Wildman–Crippen MR) is 291 cm³/mol. The fraction of sp³-hybridized carbons (Fsp3) is 0.232. The van der Waals surface area contributed by atoms with Crippen LogP contribution in [0.5, 0.6) is 23.0 Å². The number of azide groups is 4. The van der Waals surface area contributed by atoms with Crippen LogP contribution in [0, 0.1) is 0 Å². The smallest absolute Gasteiger partial charge is 0.119 e. The van der Waals surface area contributed by atoms with Crippen LogP contribution < -0.4 is 39.6 Å². The Morgan fingerprint density at radius 1 is 0.442 bits per heavy atom. The zero-order valence-corrected chi connectivity index (χ0v) is 44.9. The maximum atomic E-state index is 8.70. The van der Waals surface area contributed by atoms with Gasteiger partial charge in [0.1, 0.15) is 23.0 Å². The van der Waals surface area contributed by atoms with E-state index in [1.54, 1.807) is 0 Å². The zero-order valence-electron chi connectivity index (χ0n) is 41.9. The van der Waals surface area contributed by atoms with E-state index >= 15 is 0 Å². The van der Waals surface area contributed by atoms with Gasteiger partial charge < -0.3 is 34.2 Å². The molecule has 0 N–H and O–H groups in total. The first-order chi connectivity index (χ1) is 37.5. The van der Waals surface area contributed by atoms with E-state index in [1.165, 1.54) is 0 Å². The molecule has 8 bridgehead atoms. The molecule has 6 aromatic rings. The number of hydrogen-bond donors (Lipinski definition) is 0. The third-order valence-electron chi connectivity index (χ3n) is 12.3. The van der Waals surface area contributed by atoms with E-state index < -0.39 is 6.04 Å². The number of fused-ring (bicyclic) bond motifs is 7.